The van der Waals surface area contributed by atoms with Crippen LogP contribution in [-0.2, 0) is 6.54 Å². The van der Waals surface area contributed by atoms with Gasteiger partial charge in [0.25, 0.3) is 5.69 Å². The first kappa shape index (κ1) is 14.8. The summed E-state index contributed by atoms with van der Waals surface area (Å²) in [6.07, 6.45) is 2.48. The number of nitrogens with one attached hydrogen (secondary N) is 1. The van der Waals surface area contributed by atoms with E-state index in [-0.39, 0.29) is 10.6 Å². The van der Waals surface area contributed by atoms with Crippen LogP contribution in [0.25, 0.3) is 0 Å². The Morgan fingerprint density at radius 3 is 2.80 bits per heavy atom. The third-order valence-electron chi connectivity index (χ3n) is 4.16. The van der Waals surface area contributed by atoms with E-state index in [0.29, 0.717) is 17.6 Å². The second-order valence-electron chi connectivity index (χ2n) is 5.82. The second kappa shape index (κ2) is 6.22. The number of likely N-dealkylation sites (tertiary alicyclic amines) is 1. The summed E-state index contributed by atoms with van der Waals surface area (Å²) < 4.78 is 0. The zero-order valence-corrected chi connectivity index (χ0v) is 12.4. The van der Waals surface area contributed by atoms with Crippen molar-refractivity contribution < 1.29 is 4.92 Å². The quantitative estimate of drug-likeness (QED) is 0.678. The Morgan fingerprint density at radius 2 is 2.15 bits per heavy atom. The molecule has 2 unspecified atom stereocenters. The SMILES string of the molecule is CNc1ccc(CN2CC(C)CCC2C)cc1[N+](=O)[O-]. The second-order valence-corrected chi connectivity index (χ2v) is 5.82. The van der Waals surface area contributed by atoms with Crippen molar-refractivity contribution in [3.63, 3.8) is 0 Å². The lowest BCUT2D eigenvalue weighted by Crippen LogP contribution is -2.40. The number of nitrogens with zero attached hydrogens (tertiary/aromatic N) is 2. The first-order valence-electron chi connectivity index (χ1n) is 7.20. The molecule has 5 heteroatoms. The molecule has 0 radical (unpaired) electrons. The van der Waals surface area contributed by atoms with Crippen molar-refractivity contribution in [3.05, 3.63) is 33.9 Å². The number of piperidine rings is 1. The Hall–Kier alpha value is -1.62. The van der Waals surface area contributed by atoms with Crippen LogP contribution in [0.3, 0.4) is 0 Å². The van der Waals surface area contributed by atoms with Crippen LogP contribution < -0.4 is 5.32 Å². The van der Waals surface area contributed by atoms with Crippen LogP contribution in [-0.4, -0.2) is 29.5 Å². The van der Waals surface area contributed by atoms with Crippen molar-refractivity contribution in [2.75, 3.05) is 18.9 Å². The van der Waals surface area contributed by atoms with Crippen LogP contribution in [0, 0.1) is 16.0 Å². The molecule has 5 nitrogen and oxygen atoms in total. The average Bonchev–Trinajstić information content (AvgIpc) is 2.42. The number of nitro benzene ring substituents is 1. The van der Waals surface area contributed by atoms with Gasteiger partial charge in [-0.15, -0.1) is 0 Å². The minimum atomic E-state index is -0.322. The summed E-state index contributed by atoms with van der Waals surface area (Å²) in [4.78, 5) is 13.2. The standard InChI is InChI=1S/C15H23N3O2/c1-11-4-5-12(2)17(9-11)10-13-6-7-14(16-3)15(8-13)18(19)20/h6-8,11-12,16H,4-5,9-10H2,1-3H3. The van der Waals surface area contributed by atoms with E-state index >= 15 is 0 Å². The number of anilines is 1. The van der Waals surface area contributed by atoms with E-state index in [4.69, 9.17) is 0 Å². The third-order valence-corrected chi connectivity index (χ3v) is 4.16. The summed E-state index contributed by atoms with van der Waals surface area (Å²) in [5, 5.41) is 14.0. The van der Waals surface area contributed by atoms with E-state index < -0.39 is 0 Å². The molecule has 1 heterocycles. The van der Waals surface area contributed by atoms with Gasteiger partial charge in [0.1, 0.15) is 5.69 Å². The van der Waals surface area contributed by atoms with Gasteiger partial charge in [-0.05, 0) is 37.3 Å². The van der Waals surface area contributed by atoms with E-state index in [0.717, 1.165) is 18.7 Å². The minimum absolute atomic E-state index is 0.155. The monoisotopic (exact) mass is 277 g/mol. The normalized spacial score (nSPS) is 23.6. The van der Waals surface area contributed by atoms with Gasteiger partial charge in [0, 0.05) is 32.2 Å². The molecule has 1 saturated heterocycles. The number of hydrogen-bond donors (Lipinski definition) is 1. The van der Waals surface area contributed by atoms with Gasteiger partial charge in [0.2, 0.25) is 0 Å². The number of rotatable bonds is 4. The maximum atomic E-state index is 11.1. The molecule has 1 aliphatic heterocycles. The van der Waals surface area contributed by atoms with Crippen molar-refractivity contribution in [2.24, 2.45) is 5.92 Å². The molecule has 0 aromatic heterocycles. The molecule has 1 aromatic carbocycles. The van der Waals surface area contributed by atoms with Crippen LogP contribution in [0.5, 0.6) is 0 Å². The third kappa shape index (κ3) is 3.28. The van der Waals surface area contributed by atoms with E-state index in [1.54, 1.807) is 19.2 Å². The fraction of sp³-hybridized carbons (Fsp3) is 0.600. The molecule has 1 fully saturated rings. The largest absolute Gasteiger partial charge is 0.383 e. The highest BCUT2D eigenvalue weighted by Gasteiger charge is 2.23. The Labute approximate surface area is 120 Å². The zero-order valence-electron chi connectivity index (χ0n) is 12.4. The molecular weight excluding hydrogens is 254 g/mol. The fourth-order valence-electron chi connectivity index (χ4n) is 2.87. The Bertz CT molecular complexity index is 490. The van der Waals surface area contributed by atoms with Crippen molar-refractivity contribution in [1.29, 1.82) is 0 Å². The highest BCUT2D eigenvalue weighted by Crippen LogP contribution is 2.28. The summed E-state index contributed by atoms with van der Waals surface area (Å²) in [6.45, 7) is 6.37. The highest BCUT2D eigenvalue weighted by molar-refractivity contribution is 5.62. The molecule has 2 rings (SSSR count). The lowest BCUT2D eigenvalue weighted by Gasteiger charge is -2.36. The molecule has 0 aliphatic carbocycles. The molecule has 0 spiro atoms. The maximum Gasteiger partial charge on any atom is 0.292 e. The summed E-state index contributed by atoms with van der Waals surface area (Å²) in [5.41, 5.74) is 1.73. The van der Waals surface area contributed by atoms with Crippen molar-refractivity contribution in [1.82, 2.24) is 4.90 Å². The summed E-state index contributed by atoms with van der Waals surface area (Å²) in [6, 6.07) is 6.02. The molecule has 0 saturated carbocycles. The van der Waals surface area contributed by atoms with Gasteiger partial charge in [-0.3, -0.25) is 15.0 Å². The van der Waals surface area contributed by atoms with Crippen molar-refractivity contribution in [3.8, 4) is 0 Å². The summed E-state index contributed by atoms with van der Waals surface area (Å²) in [5.74, 6) is 0.706. The van der Waals surface area contributed by atoms with E-state index in [2.05, 4.69) is 24.1 Å². The van der Waals surface area contributed by atoms with Gasteiger partial charge in [-0.1, -0.05) is 13.0 Å². The smallest absolute Gasteiger partial charge is 0.292 e. The lowest BCUT2D eigenvalue weighted by molar-refractivity contribution is -0.384. The topological polar surface area (TPSA) is 58.4 Å². The minimum Gasteiger partial charge on any atom is -0.383 e. The van der Waals surface area contributed by atoms with E-state index in [1.165, 1.54) is 12.8 Å². The van der Waals surface area contributed by atoms with Crippen molar-refractivity contribution >= 4 is 11.4 Å². The van der Waals surface area contributed by atoms with E-state index in [1.807, 2.05) is 6.07 Å². The molecule has 1 N–H and O–H groups in total. The van der Waals surface area contributed by atoms with Crippen LogP contribution in [0.2, 0.25) is 0 Å². The summed E-state index contributed by atoms with van der Waals surface area (Å²) in [7, 11) is 1.70. The Balaban J connectivity index is 2.16. The van der Waals surface area contributed by atoms with Gasteiger partial charge in [0.05, 0.1) is 4.92 Å². The molecule has 0 amide bonds. The number of hydrogen-bond acceptors (Lipinski definition) is 4. The molecule has 1 aromatic rings. The molecule has 1 aliphatic rings. The zero-order chi connectivity index (χ0) is 14.7. The van der Waals surface area contributed by atoms with Crippen LogP contribution in [0.15, 0.2) is 18.2 Å². The van der Waals surface area contributed by atoms with Gasteiger partial charge >= 0.3 is 0 Å². The lowest BCUT2D eigenvalue weighted by atomic mass is 9.94. The fourth-order valence-corrected chi connectivity index (χ4v) is 2.87. The summed E-state index contributed by atoms with van der Waals surface area (Å²) >= 11 is 0. The predicted molar refractivity (Wildman–Crippen MR) is 80.9 cm³/mol. The molecule has 0 bridgehead atoms. The van der Waals surface area contributed by atoms with Gasteiger partial charge < -0.3 is 5.32 Å². The average molecular weight is 277 g/mol. The molecule has 110 valence electrons. The Morgan fingerprint density at radius 1 is 1.40 bits per heavy atom. The molecule has 20 heavy (non-hydrogen) atoms. The highest BCUT2D eigenvalue weighted by atomic mass is 16.6. The predicted octanol–water partition coefficient (Wildman–Crippen LogP) is 3.26. The maximum absolute atomic E-state index is 11.1. The first-order chi connectivity index (χ1) is 9.51. The van der Waals surface area contributed by atoms with Crippen LogP contribution in [0.4, 0.5) is 11.4 Å². The van der Waals surface area contributed by atoms with Crippen LogP contribution in [0.1, 0.15) is 32.3 Å². The van der Waals surface area contributed by atoms with Gasteiger partial charge in [-0.2, -0.15) is 0 Å². The number of nitro groups is 1. The Kier molecular flexibility index (Phi) is 4.60. The van der Waals surface area contributed by atoms with Gasteiger partial charge in [0.15, 0.2) is 0 Å². The number of benzene rings is 1. The van der Waals surface area contributed by atoms with E-state index in [9.17, 15) is 10.1 Å². The van der Waals surface area contributed by atoms with Crippen LogP contribution >= 0.6 is 0 Å². The van der Waals surface area contributed by atoms with Crippen molar-refractivity contribution in [2.45, 2.75) is 39.3 Å². The first-order valence-corrected chi connectivity index (χ1v) is 7.20. The molecule has 2 atom stereocenters. The van der Waals surface area contributed by atoms with Gasteiger partial charge in [-0.25, -0.2) is 0 Å². The molecular formula is C15H23N3O2.